The number of hydrogen-bond acceptors (Lipinski definition) is 1. The molecule has 0 saturated heterocycles. The van der Waals surface area contributed by atoms with Crippen molar-refractivity contribution in [2.45, 2.75) is 18.7 Å². The highest BCUT2D eigenvalue weighted by Crippen LogP contribution is 2.12. The van der Waals surface area contributed by atoms with Crippen LogP contribution < -0.4 is 0 Å². The molecule has 2 heteroatoms. The second-order valence-electron chi connectivity index (χ2n) is 3.07. The lowest BCUT2D eigenvalue weighted by Crippen LogP contribution is -2.13. The van der Waals surface area contributed by atoms with Crippen molar-refractivity contribution in [3.8, 4) is 0 Å². The quantitative estimate of drug-likeness (QED) is 0.547. The van der Waals surface area contributed by atoms with Crippen LogP contribution in [-0.2, 0) is 0 Å². The van der Waals surface area contributed by atoms with Crippen LogP contribution in [0.25, 0.3) is 6.08 Å². The topological polar surface area (TPSA) is 17.1 Å². The average Bonchev–Trinajstić information content (AvgIpc) is 2.27. The molecule has 0 amide bonds. The van der Waals surface area contributed by atoms with Crippen LogP contribution in [0.3, 0.4) is 0 Å². The van der Waals surface area contributed by atoms with Gasteiger partial charge < -0.3 is 0 Å². The van der Waals surface area contributed by atoms with Crippen LogP contribution in [0.15, 0.2) is 30.8 Å². The zero-order valence-electron chi connectivity index (χ0n) is 8.16. The van der Waals surface area contributed by atoms with Crippen molar-refractivity contribution in [1.29, 1.82) is 0 Å². The summed E-state index contributed by atoms with van der Waals surface area (Å²) >= 11 is 5.85. The van der Waals surface area contributed by atoms with Crippen LogP contribution in [0.4, 0.5) is 0 Å². The number of carbonyl (C=O) groups excluding carboxylic acids is 1. The lowest BCUT2D eigenvalue weighted by molar-refractivity contribution is 0.0985. The molecule has 0 N–H and O–H groups in total. The summed E-state index contributed by atoms with van der Waals surface area (Å²) in [6.45, 7) is 5.54. The van der Waals surface area contributed by atoms with E-state index in [0.29, 0.717) is 12.0 Å². The summed E-state index contributed by atoms with van der Waals surface area (Å²) in [7, 11) is 0. The molecule has 1 aromatic carbocycles. The smallest absolute Gasteiger partial charge is 0.180 e. The summed E-state index contributed by atoms with van der Waals surface area (Å²) in [4.78, 5) is 11.6. The maximum atomic E-state index is 11.6. The molecule has 0 aliphatic heterocycles. The first-order valence-electron chi connectivity index (χ1n) is 4.59. The van der Waals surface area contributed by atoms with Crippen LogP contribution in [0.1, 0.15) is 29.3 Å². The Bertz CT molecular complexity index is 327. The normalized spacial score (nSPS) is 12.1. The minimum atomic E-state index is -0.412. The molecule has 1 atom stereocenters. The molecule has 0 heterocycles. The van der Waals surface area contributed by atoms with Gasteiger partial charge in [0, 0.05) is 5.56 Å². The molecule has 0 bridgehead atoms. The molecule has 0 aliphatic carbocycles. The molecular formula is C12H13ClO. The molecule has 1 nitrogen and oxygen atoms in total. The first kappa shape index (κ1) is 11.0. The molecule has 0 spiro atoms. The zero-order valence-corrected chi connectivity index (χ0v) is 8.92. The van der Waals surface area contributed by atoms with E-state index in [1.165, 1.54) is 0 Å². The van der Waals surface area contributed by atoms with E-state index in [1.807, 2.05) is 19.1 Å². The van der Waals surface area contributed by atoms with Gasteiger partial charge in [0.2, 0.25) is 0 Å². The predicted octanol–water partition coefficient (Wildman–Crippen LogP) is 3.53. The molecule has 14 heavy (non-hydrogen) atoms. The molecule has 0 aromatic heterocycles. The van der Waals surface area contributed by atoms with Gasteiger partial charge in [-0.25, -0.2) is 0 Å². The predicted molar refractivity (Wildman–Crippen MR) is 60.8 cm³/mol. The Labute approximate surface area is 89.4 Å². The second-order valence-corrected chi connectivity index (χ2v) is 3.59. The van der Waals surface area contributed by atoms with Gasteiger partial charge in [0.1, 0.15) is 0 Å². The van der Waals surface area contributed by atoms with E-state index in [1.54, 1.807) is 18.2 Å². The summed E-state index contributed by atoms with van der Waals surface area (Å²) in [6.07, 6.45) is 2.40. The van der Waals surface area contributed by atoms with Crippen LogP contribution in [0.2, 0.25) is 0 Å². The minimum Gasteiger partial charge on any atom is -0.293 e. The van der Waals surface area contributed by atoms with E-state index >= 15 is 0 Å². The Morgan fingerprint density at radius 1 is 1.50 bits per heavy atom. The highest BCUT2D eigenvalue weighted by Gasteiger charge is 2.14. The van der Waals surface area contributed by atoms with Gasteiger partial charge in [-0.05, 0) is 12.0 Å². The van der Waals surface area contributed by atoms with Crippen molar-refractivity contribution in [3.05, 3.63) is 42.0 Å². The van der Waals surface area contributed by atoms with Gasteiger partial charge in [-0.15, -0.1) is 11.6 Å². The van der Waals surface area contributed by atoms with Gasteiger partial charge in [-0.3, -0.25) is 4.79 Å². The molecule has 0 fully saturated rings. The minimum absolute atomic E-state index is 0.00946. The third kappa shape index (κ3) is 2.46. The lowest BCUT2D eigenvalue weighted by Gasteiger charge is -2.05. The van der Waals surface area contributed by atoms with Crippen LogP contribution in [-0.4, -0.2) is 11.2 Å². The summed E-state index contributed by atoms with van der Waals surface area (Å²) in [5.41, 5.74) is 1.67. The number of alkyl halides is 1. The summed E-state index contributed by atoms with van der Waals surface area (Å²) in [5, 5.41) is -0.412. The van der Waals surface area contributed by atoms with E-state index in [9.17, 15) is 4.79 Å². The molecule has 0 radical (unpaired) electrons. The molecule has 74 valence electrons. The molecule has 0 aliphatic rings. The van der Waals surface area contributed by atoms with Gasteiger partial charge in [0.25, 0.3) is 0 Å². The third-order valence-electron chi connectivity index (χ3n) is 2.07. The first-order chi connectivity index (χ1) is 6.69. The Morgan fingerprint density at radius 2 is 2.07 bits per heavy atom. The average molecular weight is 209 g/mol. The third-order valence-corrected chi connectivity index (χ3v) is 2.58. The fourth-order valence-electron chi connectivity index (χ4n) is 1.15. The van der Waals surface area contributed by atoms with E-state index < -0.39 is 5.38 Å². The number of halogens is 1. The van der Waals surface area contributed by atoms with Crippen molar-refractivity contribution >= 4 is 23.5 Å². The zero-order chi connectivity index (χ0) is 10.6. The fourth-order valence-corrected chi connectivity index (χ4v) is 1.28. The van der Waals surface area contributed by atoms with Gasteiger partial charge in [-0.1, -0.05) is 43.8 Å². The van der Waals surface area contributed by atoms with Gasteiger partial charge in [0.05, 0.1) is 5.38 Å². The largest absolute Gasteiger partial charge is 0.293 e. The monoisotopic (exact) mass is 208 g/mol. The summed E-state index contributed by atoms with van der Waals surface area (Å²) < 4.78 is 0. The molecule has 1 rings (SSSR count). The second kappa shape index (κ2) is 4.97. The van der Waals surface area contributed by atoms with Gasteiger partial charge >= 0.3 is 0 Å². The van der Waals surface area contributed by atoms with Crippen molar-refractivity contribution in [2.75, 3.05) is 0 Å². The first-order valence-corrected chi connectivity index (χ1v) is 5.03. The fraction of sp³-hybridized carbons (Fsp3) is 0.250. The maximum Gasteiger partial charge on any atom is 0.180 e. The Hall–Kier alpha value is -1.08. The van der Waals surface area contributed by atoms with Crippen LogP contribution in [0.5, 0.6) is 0 Å². The maximum absolute atomic E-state index is 11.6. The van der Waals surface area contributed by atoms with Crippen molar-refractivity contribution in [1.82, 2.24) is 0 Å². The Kier molecular flexibility index (Phi) is 3.90. The van der Waals surface area contributed by atoms with Gasteiger partial charge in [0.15, 0.2) is 5.78 Å². The number of benzene rings is 1. The van der Waals surface area contributed by atoms with Crippen molar-refractivity contribution < 1.29 is 4.79 Å². The van der Waals surface area contributed by atoms with Crippen molar-refractivity contribution in [3.63, 3.8) is 0 Å². The van der Waals surface area contributed by atoms with Crippen LogP contribution in [0, 0.1) is 0 Å². The molecule has 1 aromatic rings. The molecule has 1 unspecified atom stereocenters. The highest BCUT2D eigenvalue weighted by atomic mass is 35.5. The number of Topliss-reactive ketones (excluding diaryl/α,β-unsaturated/α-hetero) is 1. The number of ketones is 1. The number of hydrogen-bond donors (Lipinski definition) is 0. The lowest BCUT2D eigenvalue weighted by atomic mass is 10.0. The highest BCUT2D eigenvalue weighted by molar-refractivity contribution is 6.33. The number of carbonyl (C=O) groups is 1. The molecule has 0 saturated carbocycles. The standard InChI is InChI=1S/C12H13ClO/c1-3-9-5-7-10(8-6-9)12(14)11(13)4-2/h3,5-8,11H,1,4H2,2H3. The Morgan fingerprint density at radius 3 is 2.50 bits per heavy atom. The SMILES string of the molecule is C=Cc1ccc(C(=O)C(Cl)CC)cc1. The van der Waals surface area contributed by atoms with E-state index in [4.69, 9.17) is 11.6 Å². The number of rotatable bonds is 4. The van der Waals surface area contributed by atoms with Crippen molar-refractivity contribution in [2.24, 2.45) is 0 Å². The molecular weight excluding hydrogens is 196 g/mol. The Balaban J connectivity index is 2.86. The summed E-state index contributed by atoms with van der Waals surface area (Å²) in [5.74, 6) is -0.00946. The van der Waals surface area contributed by atoms with E-state index in [0.717, 1.165) is 5.56 Å². The summed E-state index contributed by atoms with van der Waals surface area (Å²) in [6, 6.07) is 7.29. The van der Waals surface area contributed by atoms with E-state index in [2.05, 4.69) is 6.58 Å². The van der Waals surface area contributed by atoms with E-state index in [-0.39, 0.29) is 5.78 Å². The van der Waals surface area contributed by atoms with Crippen LogP contribution >= 0.6 is 11.6 Å². The van der Waals surface area contributed by atoms with Gasteiger partial charge in [-0.2, -0.15) is 0 Å².